The molecule has 1 aromatic heterocycles. The molecule has 1 atom stereocenters. The van der Waals surface area contributed by atoms with E-state index in [-0.39, 0.29) is 11.8 Å². The first-order valence-electron chi connectivity index (χ1n) is 12.6. The Morgan fingerprint density at radius 2 is 1.86 bits per heavy atom. The molecule has 0 spiro atoms. The lowest BCUT2D eigenvalue weighted by atomic mass is 9.79. The van der Waals surface area contributed by atoms with E-state index >= 15 is 0 Å². The largest absolute Gasteiger partial charge is 0.496 e. The van der Waals surface area contributed by atoms with Crippen molar-refractivity contribution in [3.05, 3.63) is 52.7 Å². The highest BCUT2D eigenvalue weighted by atomic mass is 16.5. The van der Waals surface area contributed by atoms with E-state index in [9.17, 15) is 14.4 Å². The number of benzene rings is 1. The van der Waals surface area contributed by atoms with Crippen LogP contribution in [0, 0.1) is 12.8 Å². The Hall–Kier alpha value is -3.62. The molecule has 3 aliphatic rings. The number of nitrogens with zero attached hydrogens (tertiary/aromatic N) is 3. The summed E-state index contributed by atoms with van der Waals surface area (Å²) in [6.45, 7) is 8.42. The monoisotopic (exact) mass is 491 g/mol. The molecule has 2 aliphatic heterocycles. The fourth-order valence-electron chi connectivity index (χ4n) is 5.39. The van der Waals surface area contributed by atoms with Crippen LogP contribution in [-0.2, 0) is 10.3 Å². The van der Waals surface area contributed by atoms with Gasteiger partial charge in [0.15, 0.2) is 5.54 Å². The minimum Gasteiger partial charge on any atom is -0.496 e. The topological polar surface area (TPSA) is 104 Å². The Bertz CT molecular complexity index is 1220. The van der Waals surface area contributed by atoms with Gasteiger partial charge in [0, 0.05) is 43.5 Å². The summed E-state index contributed by atoms with van der Waals surface area (Å²) in [5, 5.41) is 5.10. The summed E-state index contributed by atoms with van der Waals surface area (Å²) < 4.78 is 5.60. The Morgan fingerprint density at radius 3 is 2.42 bits per heavy atom. The average molecular weight is 492 g/mol. The average Bonchev–Trinajstić information content (AvgIpc) is 3.67. The maximum Gasteiger partial charge on any atom is 0.322 e. The van der Waals surface area contributed by atoms with Crippen LogP contribution in [0.3, 0.4) is 0 Å². The molecule has 36 heavy (non-hydrogen) atoms. The van der Waals surface area contributed by atoms with Crippen molar-refractivity contribution in [2.24, 2.45) is 5.92 Å². The van der Waals surface area contributed by atoms with Gasteiger partial charge in [-0.1, -0.05) is 26.0 Å². The lowest BCUT2D eigenvalue weighted by Gasteiger charge is -2.36. The van der Waals surface area contributed by atoms with Crippen molar-refractivity contribution in [3.8, 4) is 5.75 Å². The summed E-state index contributed by atoms with van der Waals surface area (Å²) in [4.78, 5) is 46.9. The second-order valence-corrected chi connectivity index (χ2v) is 10.2. The van der Waals surface area contributed by atoms with Crippen LogP contribution in [0.25, 0.3) is 0 Å². The molecule has 9 heteroatoms. The number of amides is 4. The zero-order chi connectivity index (χ0) is 25.6. The van der Waals surface area contributed by atoms with Gasteiger partial charge in [0.1, 0.15) is 11.6 Å². The predicted octanol–water partition coefficient (Wildman–Crippen LogP) is 2.93. The van der Waals surface area contributed by atoms with Crippen LogP contribution in [0.5, 0.6) is 5.75 Å². The normalized spacial score (nSPS) is 22.0. The first kappa shape index (κ1) is 24.1. The molecule has 9 nitrogen and oxygen atoms in total. The first-order chi connectivity index (χ1) is 17.2. The molecular weight excluding hydrogens is 458 g/mol. The number of carbonyl (C=O) groups is 3. The Labute approximate surface area is 211 Å². The minimum atomic E-state index is -1.25. The molecule has 3 heterocycles. The van der Waals surface area contributed by atoms with E-state index in [0.717, 1.165) is 5.82 Å². The van der Waals surface area contributed by atoms with Gasteiger partial charge < -0.3 is 19.9 Å². The van der Waals surface area contributed by atoms with Crippen molar-refractivity contribution >= 4 is 23.7 Å². The number of hydrogen-bond acceptors (Lipinski definition) is 6. The minimum absolute atomic E-state index is 0.0910. The zero-order valence-corrected chi connectivity index (χ0v) is 21.3. The molecule has 2 N–H and O–H groups in total. The van der Waals surface area contributed by atoms with Crippen LogP contribution in [-0.4, -0.2) is 61.0 Å². The Kier molecular flexibility index (Phi) is 6.10. The van der Waals surface area contributed by atoms with Crippen LogP contribution < -0.4 is 20.3 Å². The fraction of sp³-hybridized carbons (Fsp3) is 0.481. The van der Waals surface area contributed by atoms with E-state index in [4.69, 9.17) is 9.72 Å². The smallest absolute Gasteiger partial charge is 0.322 e. The number of imide groups is 1. The molecule has 190 valence electrons. The third-order valence-electron chi connectivity index (χ3n) is 7.62. The molecule has 4 amide bonds. The number of rotatable bonds is 6. The van der Waals surface area contributed by atoms with Crippen LogP contribution in [0.15, 0.2) is 30.5 Å². The molecule has 0 radical (unpaired) electrons. The standard InChI is InChI=1S/C27H33N5O4/c1-16(2)27(25(34)29-26(35)30-27)21-8-7-19(14-22(21)36-4)24(33)32-11-9-31(10-12-32)23-17(3)13-20(15-28-23)18-5-6-18/h7-8,13-16,18H,5-6,9-12H2,1-4H3,(H2,29,30,34,35). The highest BCUT2D eigenvalue weighted by Gasteiger charge is 2.51. The Balaban J connectivity index is 1.31. The summed E-state index contributed by atoms with van der Waals surface area (Å²) in [5.74, 6) is 1.31. The number of carbonyl (C=O) groups excluding carboxylic acids is 3. The third-order valence-corrected chi connectivity index (χ3v) is 7.62. The summed E-state index contributed by atoms with van der Waals surface area (Å²) in [7, 11) is 1.50. The van der Waals surface area contributed by atoms with Gasteiger partial charge in [0.25, 0.3) is 11.8 Å². The zero-order valence-electron chi connectivity index (χ0n) is 21.3. The van der Waals surface area contributed by atoms with Gasteiger partial charge in [-0.15, -0.1) is 0 Å². The van der Waals surface area contributed by atoms with E-state index < -0.39 is 17.5 Å². The number of aromatic nitrogens is 1. The summed E-state index contributed by atoms with van der Waals surface area (Å²) in [6, 6.07) is 6.79. The molecule has 1 unspecified atom stereocenters. The van der Waals surface area contributed by atoms with E-state index in [0.29, 0.717) is 49.0 Å². The van der Waals surface area contributed by atoms with Crippen LogP contribution in [0.1, 0.15) is 59.7 Å². The van der Waals surface area contributed by atoms with E-state index in [1.165, 1.54) is 31.1 Å². The van der Waals surface area contributed by atoms with Crippen molar-refractivity contribution in [2.45, 2.75) is 45.1 Å². The highest BCUT2D eigenvalue weighted by molar-refractivity contribution is 6.08. The number of aryl methyl sites for hydroxylation is 1. The lowest BCUT2D eigenvalue weighted by Crippen LogP contribution is -2.49. The molecule has 0 bridgehead atoms. The number of piperazine rings is 1. The van der Waals surface area contributed by atoms with Gasteiger partial charge >= 0.3 is 6.03 Å². The Morgan fingerprint density at radius 1 is 1.14 bits per heavy atom. The van der Waals surface area contributed by atoms with Gasteiger partial charge in [-0.05, 0) is 54.9 Å². The van der Waals surface area contributed by atoms with Gasteiger partial charge in [-0.2, -0.15) is 0 Å². The van der Waals surface area contributed by atoms with Gasteiger partial charge in [-0.25, -0.2) is 9.78 Å². The molecule has 1 saturated carbocycles. The van der Waals surface area contributed by atoms with Crippen molar-refractivity contribution in [3.63, 3.8) is 0 Å². The van der Waals surface area contributed by atoms with Crippen molar-refractivity contribution in [1.29, 1.82) is 0 Å². The molecule has 2 aromatic rings. The number of hydrogen-bond donors (Lipinski definition) is 2. The van der Waals surface area contributed by atoms with Gasteiger partial charge in [-0.3, -0.25) is 14.9 Å². The fourth-order valence-corrected chi connectivity index (χ4v) is 5.39. The molecule has 3 fully saturated rings. The van der Waals surface area contributed by atoms with Crippen LogP contribution >= 0.6 is 0 Å². The second-order valence-electron chi connectivity index (χ2n) is 10.2. The molecule has 1 aliphatic carbocycles. The van der Waals surface area contributed by atoms with E-state index in [1.807, 2.05) is 24.9 Å². The number of nitrogens with one attached hydrogen (secondary N) is 2. The van der Waals surface area contributed by atoms with E-state index in [1.54, 1.807) is 18.2 Å². The van der Waals surface area contributed by atoms with Crippen LogP contribution in [0.4, 0.5) is 10.6 Å². The van der Waals surface area contributed by atoms with Crippen molar-refractivity contribution in [2.75, 3.05) is 38.2 Å². The van der Waals surface area contributed by atoms with Gasteiger partial charge in [0.2, 0.25) is 0 Å². The van der Waals surface area contributed by atoms with Crippen molar-refractivity contribution < 1.29 is 19.1 Å². The molecule has 1 aromatic carbocycles. The first-order valence-corrected chi connectivity index (χ1v) is 12.6. The van der Waals surface area contributed by atoms with Gasteiger partial charge in [0.05, 0.1) is 7.11 Å². The number of methoxy groups -OCH3 is 1. The number of urea groups is 1. The van der Waals surface area contributed by atoms with E-state index in [2.05, 4.69) is 28.5 Å². The van der Waals surface area contributed by atoms with Crippen LogP contribution in [0.2, 0.25) is 0 Å². The molecular formula is C27H33N5O4. The SMILES string of the molecule is COc1cc(C(=O)N2CCN(c3ncc(C4CC4)cc3C)CC2)ccc1C1(C(C)C)NC(=O)NC1=O. The summed E-state index contributed by atoms with van der Waals surface area (Å²) in [6.07, 6.45) is 4.52. The lowest BCUT2D eigenvalue weighted by molar-refractivity contribution is -0.125. The quantitative estimate of drug-likeness (QED) is 0.603. The molecule has 5 rings (SSSR count). The second kappa shape index (κ2) is 9.11. The number of anilines is 1. The number of pyridine rings is 1. The van der Waals surface area contributed by atoms with Crippen molar-refractivity contribution in [1.82, 2.24) is 20.5 Å². The summed E-state index contributed by atoms with van der Waals surface area (Å²) >= 11 is 0. The molecule has 2 saturated heterocycles. The highest BCUT2D eigenvalue weighted by Crippen LogP contribution is 2.41. The maximum atomic E-state index is 13.4. The third kappa shape index (κ3) is 4.06. The predicted molar refractivity (Wildman–Crippen MR) is 135 cm³/mol. The maximum absolute atomic E-state index is 13.4. The summed E-state index contributed by atoms with van der Waals surface area (Å²) in [5.41, 5.74) is 2.27. The number of ether oxygens (including phenoxy) is 1.